The minimum Gasteiger partial charge on any atom is -0.492 e. The number of amides is 1. The third kappa shape index (κ3) is 5.86. The number of rotatable bonds is 8. The van der Waals surface area contributed by atoms with Gasteiger partial charge >= 0.3 is 0 Å². The smallest absolute Gasteiger partial charge is 0.284 e. The predicted octanol–water partition coefficient (Wildman–Crippen LogP) is 4.46. The van der Waals surface area contributed by atoms with Gasteiger partial charge in [-0.2, -0.15) is 0 Å². The van der Waals surface area contributed by atoms with Gasteiger partial charge in [0.05, 0.1) is 48.3 Å². The molecule has 2 N–H and O–H groups in total. The molecule has 9 nitrogen and oxygen atoms in total. The Kier molecular flexibility index (Phi) is 7.98. The van der Waals surface area contributed by atoms with Crippen LogP contribution in [0.4, 0.5) is 26.0 Å². The molecule has 3 heterocycles. The lowest BCUT2D eigenvalue weighted by Crippen LogP contribution is -2.36. The Morgan fingerprint density at radius 3 is 2.68 bits per heavy atom. The molecule has 38 heavy (non-hydrogen) atoms. The largest absolute Gasteiger partial charge is 0.492 e. The molecule has 0 spiro atoms. The summed E-state index contributed by atoms with van der Waals surface area (Å²) in [4.78, 5) is 23.3. The van der Waals surface area contributed by atoms with Crippen LogP contribution in [0.25, 0.3) is 10.9 Å². The summed E-state index contributed by atoms with van der Waals surface area (Å²) in [6, 6.07) is 7.40. The van der Waals surface area contributed by atoms with E-state index in [4.69, 9.17) is 25.8 Å². The van der Waals surface area contributed by atoms with Crippen LogP contribution in [0.2, 0.25) is 5.02 Å². The molecule has 0 aliphatic carbocycles. The highest BCUT2D eigenvalue weighted by atomic mass is 35.5. The van der Waals surface area contributed by atoms with Gasteiger partial charge in [-0.15, -0.1) is 0 Å². The second-order valence-electron chi connectivity index (χ2n) is 8.82. The number of aromatic nitrogens is 2. The van der Waals surface area contributed by atoms with Gasteiger partial charge < -0.3 is 24.8 Å². The Labute approximate surface area is 222 Å². The summed E-state index contributed by atoms with van der Waals surface area (Å²) < 4.78 is 45.4. The second kappa shape index (κ2) is 11.6. The summed E-state index contributed by atoms with van der Waals surface area (Å²) in [6.07, 6.45) is 2.53. The molecule has 2 aliphatic rings. The Balaban J connectivity index is 1.35. The number of anilines is 3. The molecule has 0 radical (unpaired) electrons. The van der Waals surface area contributed by atoms with E-state index >= 15 is 0 Å². The fourth-order valence-electron chi connectivity index (χ4n) is 4.44. The number of likely N-dealkylation sites (tertiary alicyclic amines) is 1. The molecule has 2 saturated heterocycles. The molecule has 3 aromatic rings. The molecule has 0 bridgehead atoms. The monoisotopic (exact) mass is 545 g/mol. The highest BCUT2D eigenvalue weighted by Crippen LogP contribution is 2.34. The number of carbonyl (C=O) groups is 1. The van der Waals surface area contributed by atoms with Crippen LogP contribution in [0.1, 0.15) is 6.92 Å². The number of fused-ring (bicyclic) bond motifs is 2. The quantitative estimate of drug-likeness (QED) is 0.401. The summed E-state index contributed by atoms with van der Waals surface area (Å²) in [5.41, 5.74) is 1.27. The van der Waals surface area contributed by atoms with E-state index in [0.29, 0.717) is 61.1 Å². The van der Waals surface area contributed by atoms with Gasteiger partial charge in [0.1, 0.15) is 23.7 Å². The highest BCUT2D eigenvalue weighted by Gasteiger charge is 2.36. The summed E-state index contributed by atoms with van der Waals surface area (Å²) in [5.74, 6) is -1.67. The predicted molar refractivity (Wildman–Crippen MR) is 139 cm³/mol. The SMILES string of the molecule is CCOc1cc2ncnc(Nc3ccc(F)c(Cl)c3)c2cc1NC(=O)/C(F)=C\CN1CC2OCCOC2C1. The van der Waals surface area contributed by atoms with Crippen molar-refractivity contribution in [2.45, 2.75) is 19.1 Å². The van der Waals surface area contributed by atoms with Crippen molar-refractivity contribution < 1.29 is 27.8 Å². The number of nitrogens with zero attached hydrogens (tertiary/aromatic N) is 3. The number of benzene rings is 2. The maximum absolute atomic E-state index is 14.8. The number of ether oxygens (including phenoxy) is 3. The van der Waals surface area contributed by atoms with Crippen molar-refractivity contribution in [3.05, 3.63) is 59.4 Å². The van der Waals surface area contributed by atoms with Gasteiger partial charge in [-0.3, -0.25) is 9.69 Å². The fraction of sp³-hybridized carbons (Fsp3) is 0.346. The first-order valence-electron chi connectivity index (χ1n) is 12.2. The van der Waals surface area contributed by atoms with E-state index in [-0.39, 0.29) is 29.5 Å². The molecule has 2 aliphatic heterocycles. The van der Waals surface area contributed by atoms with Crippen LogP contribution < -0.4 is 15.4 Å². The number of hydrogen-bond acceptors (Lipinski definition) is 8. The summed E-state index contributed by atoms with van der Waals surface area (Å²) >= 11 is 5.90. The van der Waals surface area contributed by atoms with E-state index in [2.05, 4.69) is 20.6 Å². The van der Waals surface area contributed by atoms with Crippen LogP contribution in [0.15, 0.2) is 48.6 Å². The van der Waals surface area contributed by atoms with Crippen molar-refractivity contribution in [2.75, 3.05) is 50.1 Å². The van der Waals surface area contributed by atoms with E-state index < -0.39 is 17.6 Å². The lowest BCUT2D eigenvalue weighted by molar-refractivity contribution is -0.116. The lowest BCUT2D eigenvalue weighted by Gasteiger charge is -2.24. The van der Waals surface area contributed by atoms with Gasteiger partial charge in [0.15, 0.2) is 5.83 Å². The van der Waals surface area contributed by atoms with Crippen molar-refractivity contribution in [2.24, 2.45) is 0 Å². The molecule has 2 aromatic carbocycles. The third-order valence-electron chi connectivity index (χ3n) is 6.25. The molecule has 2 unspecified atom stereocenters. The Bertz CT molecular complexity index is 1360. The molecule has 12 heteroatoms. The van der Waals surface area contributed by atoms with E-state index in [1.165, 1.54) is 30.6 Å². The zero-order valence-corrected chi connectivity index (χ0v) is 21.3. The lowest BCUT2D eigenvalue weighted by atomic mass is 10.1. The van der Waals surface area contributed by atoms with Gasteiger partial charge in [-0.1, -0.05) is 11.6 Å². The average Bonchev–Trinajstić information content (AvgIpc) is 3.33. The van der Waals surface area contributed by atoms with E-state index in [9.17, 15) is 13.6 Å². The van der Waals surface area contributed by atoms with Gasteiger partial charge in [0.2, 0.25) is 0 Å². The van der Waals surface area contributed by atoms with Crippen molar-refractivity contribution in [1.29, 1.82) is 0 Å². The van der Waals surface area contributed by atoms with Crippen LogP contribution >= 0.6 is 11.6 Å². The number of nitrogens with one attached hydrogen (secondary N) is 2. The standard InChI is InChI=1S/C26H26ClF2N5O4/c1-2-36-22-11-20-16(25(31-14-30-20)32-15-3-4-18(28)17(27)9-15)10-21(22)33-26(35)19(29)5-6-34-12-23-24(13-34)38-8-7-37-23/h3-5,9-11,14,23-24H,2,6-8,12-13H2,1H3,(H,33,35)(H,30,31,32)/b19-5+. The van der Waals surface area contributed by atoms with Gasteiger partial charge in [-0.25, -0.2) is 18.7 Å². The van der Waals surface area contributed by atoms with Crippen molar-refractivity contribution in [1.82, 2.24) is 14.9 Å². The molecule has 1 aromatic heterocycles. The summed E-state index contributed by atoms with van der Waals surface area (Å²) in [6.45, 7) is 4.69. The first-order valence-corrected chi connectivity index (χ1v) is 12.5. The van der Waals surface area contributed by atoms with E-state index in [1.54, 1.807) is 19.1 Å². The Hall–Kier alpha value is -3.38. The van der Waals surface area contributed by atoms with Crippen LogP contribution in [0.5, 0.6) is 5.75 Å². The normalized spacial score (nSPS) is 19.8. The van der Waals surface area contributed by atoms with Gasteiger partial charge in [0, 0.05) is 36.8 Å². The molecular formula is C26H26ClF2N5O4. The van der Waals surface area contributed by atoms with Crippen molar-refractivity contribution >= 4 is 45.6 Å². The number of hydrogen-bond donors (Lipinski definition) is 2. The Morgan fingerprint density at radius 1 is 1.21 bits per heavy atom. The first-order chi connectivity index (χ1) is 18.4. The highest BCUT2D eigenvalue weighted by molar-refractivity contribution is 6.31. The molecular weight excluding hydrogens is 520 g/mol. The zero-order valence-electron chi connectivity index (χ0n) is 20.5. The summed E-state index contributed by atoms with van der Waals surface area (Å²) in [7, 11) is 0. The number of carbonyl (C=O) groups excluding carboxylic acids is 1. The Morgan fingerprint density at radius 2 is 1.97 bits per heavy atom. The fourth-order valence-corrected chi connectivity index (χ4v) is 4.62. The molecule has 200 valence electrons. The van der Waals surface area contributed by atoms with Crippen molar-refractivity contribution in [3.63, 3.8) is 0 Å². The molecule has 2 fully saturated rings. The van der Waals surface area contributed by atoms with Gasteiger partial charge in [-0.05, 0) is 37.3 Å². The van der Waals surface area contributed by atoms with E-state index in [0.717, 1.165) is 0 Å². The maximum atomic E-state index is 14.8. The minimum atomic E-state index is -0.923. The van der Waals surface area contributed by atoms with E-state index in [1.807, 2.05) is 4.90 Å². The summed E-state index contributed by atoms with van der Waals surface area (Å²) in [5, 5.41) is 6.14. The van der Waals surface area contributed by atoms with Gasteiger partial charge in [0.25, 0.3) is 5.91 Å². The topological polar surface area (TPSA) is 97.8 Å². The molecule has 0 saturated carbocycles. The molecule has 2 atom stereocenters. The van der Waals surface area contributed by atoms with Crippen LogP contribution in [-0.4, -0.2) is 72.4 Å². The molecule has 5 rings (SSSR count). The maximum Gasteiger partial charge on any atom is 0.284 e. The number of halogens is 3. The van der Waals surface area contributed by atoms with Crippen LogP contribution in [0, 0.1) is 5.82 Å². The zero-order chi connectivity index (χ0) is 26.6. The minimum absolute atomic E-state index is 0.0312. The van der Waals surface area contributed by atoms with Crippen LogP contribution in [-0.2, 0) is 14.3 Å². The molecule has 1 amide bonds. The first kappa shape index (κ1) is 26.2. The van der Waals surface area contributed by atoms with Crippen LogP contribution in [0.3, 0.4) is 0 Å². The average molecular weight is 546 g/mol. The third-order valence-corrected chi connectivity index (χ3v) is 6.54. The second-order valence-corrected chi connectivity index (χ2v) is 9.23. The van der Waals surface area contributed by atoms with Crippen molar-refractivity contribution in [3.8, 4) is 5.75 Å².